The summed E-state index contributed by atoms with van der Waals surface area (Å²) in [6.07, 6.45) is 5.58. The first-order valence-corrected chi connectivity index (χ1v) is 12.9. The Morgan fingerprint density at radius 2 is 1.22 bits per heavy atom. The summed E-state index contributed by atoms with van der Waals surface area (Å²) in [4.78, 5) is 39.2. The van der Waals surface area contributed by atoms with Gasteiger partial charge in [0.05, 0.1) is 6.54 Å². The monoisotopic (exact) mass is 498 g/mol. The average Bonchev–Trinajstić information content (AvgIpc) is 3.22. The maximum atomic E-state index is 12.7. The fourth-order valence-electron chi connectivity index (χ4n) is 4.34. The molecule has 1 fully saturated rings. The van der Waals surface area contributed by atoms with Crippen molar-refractivity contribution in [2.45, 2.75) is 38.5 Å². The summed E-state index contributed by atoms with van der Waals surface area (Å²) >= 11 is 0. The predicted octanol–water partition coefficient (Wildman–Crippen LogP) is 5.32. The standard InChI is InChI=1S/C30H34N4O3/c35-28(19-10-23-8-4-3-5-9-23)32-27-17-15-25(16-18-27)31-22-29(36)33-26-13-11-24(12-14-26)30(37)34-20-6-1-2-7-21-34/h3-5,8-9,11-18,31H,1-2,6-7,10,19-22H2,(H,32,35)(H,33,36). The number of carbonyl (C=O) groups excluding carboxylic acids is 3. The zero-order valence-corrected chi connectivity index (χ0v) is 21.0. The second-order valence-corrected chi connectivity index (χ2v) is 9.30. The molecule has 1 heterocycles. The van der Waals surface area contributed by atoms with Gasteiger partial charge in [0.1, 0.15) is 0 Å². The molecule has 3 N–H and O–H groups in total. The number of benzene rings is 3. The van der Waals surface area contributed by atoms with E-state index in [4.69, 9.17) is 0 Å². The van der Waals surface area contributed by atoms with E-state index in [2.05, 4.69) is 16.0 Å². The first kappa shape index (κ1) is 25.9. The Balaban J connectivity index is 1.19. The van der Waals surface area contributed by atoms with E-state index in [1.165, 1.54) is 12.8 Å². The van der Waals surface area contributed by atoms with Crippen LogP contribution in [0.3, 0.4) is 0 Å². The predicted molar refractivity (Wildman–Crippen MR) is 148 cm³/mol. The number of hydrogen-bond acceptors (Lipinski definition) is 4. The van der Waals surface area contributed by atoms with Crippen LogP contribution in [0.4, 0.5) is 17.1 Å². The minimum Gasteiger partial charge on any atom is -0.376 e. The summed E-state index contributed by atoms with van der Waals surface area (Å²) in [6.45, 7) is 1.71. The van der Waals surface area contributed by atoms with Gasteiger partial charge in [0.2, 0.25) is 11.8 Å². The largest absolute Gasteiger partial charge is 0.376 e. The van der Waals surface area contributed by atoms with Crippen LogP contribution in [0.15, 0.2) is 78.9 Å². The van der Waals surface area contributed by atoms with Crippen LogP contribution < -0.4 is 16.0 Å². The van der Waals surface area contributed by atoms with Gasteiger partial charge in [-0.15, -0.1) is 0 Å². The number of amides is 3. The molecule has 0 radical (unpaired) electrons. The molecule has 0 atom stereocenters. The number of anilines is 3. The molecule has 3 amide bonds. The highest BCUT2D eigenvalue weighted by Gasteiger charge is 2.17. The fraction of sp³-hybridized carbons (Fsp3) is 0.300. The van der Waals surface area contributed by atoms with Gasteiger partial charge >= 0.3 is 0 Å². The Morgan fingerprint density at radius 1 is 0.649 bits per heavy atom. The molecule has 37 heavy (non-hydrogen) atoms. The van der Waals surface area contributed by atoms with Gasteiger partial charge < -0.3 is 20.9 Å². The van der Waals surface area contributed by atoms with Crippen LogP contribution >= 0.6 is 0 Å². The van der Waals surface area contributed by atoms with Crippen molar-refractivity contribution in [1.29, 1.82) is 0 Å². The van der Waals surface area contributed by atoms with Crippen LogP contribution in [0.2, 0.25) is 0 Å². The van der Waals surface area contributed by atoms with Crippen LogP contribution in [-0.2, 0) is 16.0 Å². The van der Waals surface area contributed by atoms with Gasteiger partial charge in [0.25, 0.3) is 5.91 Å². The van der Waals surface area contributed by atoms with E-state index in [1.54, 1.807) is 36.4 Å². The van der Waals surface area contributed by atoms with Crippen molar-refractivity contribution in [2.75, 3.05) is 35.6 Å². The molecule has 0 unspecified atom stereocenters. The molecular formula is C30H34N4O3. The Morgan fingerprint density at radius 3 is 1.86 bits per heavy atom. The molecule has 4 rings (SSSR count). The van der Waals surface area contributed by atoms with E-state index in [0.717, 1.165) is 37.2 Å². The van der Waals surface area contributed by atoms with Crippen molar-refractivity contribution in [3.63, 3.8) is 0 Å². The number of nitrogens with zero attached hydrogens (tertiary/aromatic N) is 1. The van der Waals surface area contributed by atoms with Gasteiger partial charge in [0.15, 0.2) is 0 Å². The first-order chi connectivity index (χ1) is 18.1. The summed E-state index contributed by atoms with van der Waals surface area (Å²) in [7, 11) is 0. The lowest BCUT2D eigenvalue weighted by atomic mass is 10.1. The van der Waals surface area contributed by atoms with Crippen molar-refractivity contribution >= 4 is 34.8 Å². The summed E-state index contributed by atoms with van der Waals surface area (Å²) in [5.41, 5.74) is 3.91. The van der Waals surface area contributed by atoms with Crippen molar-refractivity contribution in [1.82, 2.24) is 4.90 Å². The Labute approximate surface area is 218 Å². The van der Waals surface area contributed by atoms with Gasteiger partial charge in [-0.2, -0.15) is 0 Å². The number of hydrogen-bond donors (Lipinski definition) is 3. The maximum absolute atomic E-state index is 12.7. The second-order valence-electron chi connectivity index (χ2n) is 9.30. The molecule has 1 aliphatic heterocycles. The fourth-order valence-corrected chi connectivity index (χ4v) is 4.34. The molecule has 0 saturated carbocycles. The van der Waals surface area contributed by atoms with Gasteiger partial charge in [-0.3, -0.25) is 14.4 Å². The van der Waals surface area contributed by atoms with Crippen LogP contribution in [-0.4, -0.2) is 42.3 Å². The number of likely N-dealkylation sites (tertiary alicyclic amines) is 1. The zero-order valence-electron chi connectivity index (χ0n) is 21.0. The maximum Gasteiger partial charge on any atom is 0.253 e. The molecule has 0 aromatic heterocycles. The van der Waals surface area contributed by atoms with Crippen molar-refractivity contribution in [3.05, 3.63) is 90.0 Å². The Kier molecular flexibility index (Phi) is 9.29. The number of nitrogens with one attached hydrogen (secondary N) is 3. The molecule has 192 valence electrons. The minimum atomic E-state index is -0.190. The topological polar surface area (TPSA) is 90.5 Å². The van der Waals surface area contributed by atoms with Gasteiger partial charge in [-0.1, -0.05) is 43.2 Å². The lowest BCUT2D eigenvalue weighted by molar-refractivity contribution is -0.116. The van der Waals surface area contributed by atoms with Crippen LogP contribution in [0.25, 0.3) is 0 Å². The smallest absolute Gasteiger partial charge is 0.253 e. The molecule has 3 aromatic carbocycles. The van der Waals surface area contributed by atoms with Gasteiger partial charge in [-0.25, -0.2) is 0 Å². The minimum absolute atomic E-state index is 0.0388. The third-order valence-electron chi connectivity index (χ3n) is 6.41. The molecule has 1 aliphatic rings. The average molecular weight is 499 g/mol. The van der Waals surface area contributed by atoms with Crippen molar-refractivity contribution in [2.24, 2.45) is 0 Å². The molecule has 3 aromatic rings. The first-order valence-electron chi connectivity index (χ1n) is 12.9. The summed E-state index contributed by atoms with van der Waals surface area (Å²) in [6, 6.07) is 24.2. The number of rotatable bonds is 9. The molecule has 1 saturated heterocycles. The molecule has 0 spiro atoms. The zero-order chi connectivity index (χ0) is 25.9. The van der Waals surface area contributed by atoms with Crippen LogP contribution in [0, 0.1) is 0 Å². The second kappa shape index (κ2) is 13.3. The van der Waals surface area contributed by atoms with Gasteiger partial charge in [-0.05, 0) is 73.4 Å². The number of carbonyl (C=O) groups is 3. The molecule has 7 nitrogen and oxygen atoms in total. The third kappa shape index (κ3) is 8.20. The SMILES string of the molecule is O=C(CCc1ccccc1)Nc1ccc(NCC(=O)Nc2ccc(C(=O)N3CCCCCC3)cc2)cc1. The third-order valence-corrected chi connectivity index (χ3v) is 6.41. The molecule has 7 heteroatoms. The molecule has 0 aliphatic carbocycles. The molecular weight excluding hydrogens is 464 g/mol. The lowest BCUT2D eigenvalue weighted by Crippen LogP contribution is -2.31. The lowest BCUT2D eigenvalue weighted by Gasteiger charge is -2.20. The normalized spacial score (nSPS) is 13.4. The van der Waals surface area contributed by atoms with E-state index in [0.29, 0.717) is 29.8 Å². The number of aryl methyl sites for hydroxylation is 1. The summed E-state index contributed by atoms with van der Waals surface area (Å²) in [5, 5.41) is 8.83. The van der Waals surface area contributed by atoms with Gasteiger partial charge in [0, 0.05) is 42.1 Å². The quantitative estimate of drug-likeness (QED) is 0.372. The summed E-state index contributed by atoms with van der Waals surface area (Å²) < 4.78 is 0. The van der Waals surface area contributed by atoms with E-state index < -0.39 is 0 Å². The van der Waals surface area contributed by atoms with E-state index in [9.17, 15) is 14.4 Å². The Hall–Kier alpha value is -4.13. The van der Waals surface area contributed by atoms with Crippen molar-refractivity contribution in [3.8, 4) is 0 Å². The summed E-state index contributed by atoms with van der Waals surface area (Å²) in [5.74, 6) is -0.176. The Bertz CT molecular complexity index is 1170. The highest BCUT2D eigenvalue weighted by Crippen LogP contribution is 2.17. The highest BCUT2D eigenvalue weighted by molar-refractivity contribution is 5.97. The van der Waals surface area contributed by atoms with Crippen molar-refractivity contribution < 1.29 is 14.4 Å². The van der Waals surface area contributed by atoms with E-state index in [1.807, 2.05) is 47.4 Å². The van der Waals surface area contributed by atoms with E-state index in [-0.39, 0.29) is 24.3 Å². The highest BCUT2D eigenvalue weighted by atomic mass is 16.2. The van der Waals surface area contributed by atoms with Crippen LogP contribution in [0.5, 0.6) is 0 Å². The molecule has 0 bridgehead atoms. The van der Waals surface area contributed by atoms with E-state index >= 15 is 0 Å². The van der Waals surface area contributed by atoms with Crippen LogP contribution in [0.1, 0.15) is 48.0 Å².